The normalized spacial score (nSPS) is 23.8. The third-order valence-corrected chi connectivity index (χ3v) is 4.81. The fraction of sp³-hybridized carbons (Fsp3) is 0.800. The molecule has 1 aromatic rings. The summed E-state index contributed by atoms with van der Waals surface area (Å²) in [4.78, 5) is 0. The minimum Gasteiger partial charge on any atom is -0.327 e. The molecule has 0 radical (unpaired) electrons. The van der Waals surface area contributed by atoms with Gasteiger partial charge >= 0.3 is 0 Å². The zero-order valence-corrected chi connectivity index (χ0v) is 11.2. The maximum atomic E-state index is 6.25. The fourth-order valence-corrected chi connectivity index (χ4v) is 3.31. The van der Waals surface area contributed by atoms with Crippen molar-refractivity contribution in [2.24, 2.45) is 11.7 Å². The van der Waals surface area contributed by atoms with Crippen LogP contribution in [0.15, 0.2) is 12.3 Å². The number of hydrogen-bond acceptors (Lipinski definition) is 2. The Hall–Kier alpha value is -0.830. The van der Waals surface area contributed by atoms with Crippen LogP contribution in [0, 0.1) is 5.92 Å². The molecule has 1 aromatic heterocycles. The quantitative estimate of drug-likeness (QED) is 0.888. The van der Waals surface area contributed by atoms with Gasteiger partial charge in [-0.2, -0.15) is 5.10 Å². The average molecular weight is 247 g/mol. The Labute approximate surface area is 110 Å². The van der Waals surface area contributed by atoms with Gasteiger partial charge in [0.05, 0.1) is 11.7 Å². The van der Waals surface area contributed by atoms with Crippen molar-refractivity contribution in [3.63, 3.8) is 0 Å². The lowest BCUT2D eigenvalue weighted by atomic mass is 9.78. The van der Waals surface area contributed by atoms with E-state index in [1.807, 2.05) is 0 Å². The summed E-state index contributed by atoms with van der Waals surface area (Å²) in [5.74, 6) is 0.754. The van der Waals surface area contributed by atoms with Crippen molar-refractivity contribution >= 4 is 0 Å². The highest BCUT2D eigenvalue weighted by Gasteiger charge is 2.25. The summed E-state index contributed by atoms with van der Waals surface area (Å²) < 4.78 is 2.20. The minimum absolute atomic E-state index is 0.327. The molecule has 2 saturated carbocycles. The van der Waals surface area contributed by atoms with Crippen LogP contribution in [0.2, 0.25) is 0 Å². The molecule has 0 amide bonds. The molecule has 2 aliphatic rings. The van der Waals surface area contributed by atoms with Crippen LogP contribution in [0.25, 0.3) is 0 Å². The maximum Gasteiger partial charge on any atom is 0.0640 e. The zero-order chi connectivity index (χ0) is 12.4. The highest BCUT2D eigenvalue weighted by atomic mass is 15.3. The van der Waals surface area contributed by atoms with Crippen molar-refractivity contribution < 1.29 is 0 Å². The molecule has 0 spiro atoms. The van der Waals surface area contributed by atoms with Crippen LogP contribution in [0.4, 0.5) is 0 Å². The zero-order valence-electron chi connectivity index (χ0n) is 11.2. The summed E-state index contributed by atoms with van der Waals surface area (Å²) in [5, 5.41) is 4.75. The lowest BCUT2D eigenvalue weighted by Crippen LogP contribution is -2.36. The number of rotatable bonds is 4. The summed E-state index contributed by atoms with van der Waals surface area (Å²) in [6.07, 6.45) is 13.9. The monoisotopic (exact) mass is 247 g/mol. The van der Waals surface area contributed by atoms with Gasteiger partial charge in [0.15, 0.2) is 0 Å². The van der Waals surface area contributed by atoms with Gasteiger partial charge in [-0.1, -0.05) is 25.7 Å². The average Bonchev–Trinajstić information content (AvgIpc) is 2.76. The molecular formula is C15H25N3. The first kappa shape index (κ1) is 12.2. The predicted molar refractivity (Wildman–Crippen MR) is 73.4 cm³/mol. The number of hydrogen-bond donors (Lipinski definition) is 1. The standard InChI is InChI=1S/C15H25N3/c16-15(12-5-4-6-12)11-13-9-10-18(17-13)14-7-2-1-3-8-14/h9-10,12,14-15H,1-8,11,16H2. The highest BCUT2D eigenvalue weighted by molar-refractivity contribution is 5.03. The second-order valence-electron chi connectivity index (χ2n) is 6.14. The highest BCUT2D eigenvalue weighted by Crippen LogP contribution is 2.30. The Kier molecular flexibility index (Phi) is 3.69. The smallest absolute Gasteiger partial charge is 0.0640 e. The van der Waals surface area contributed by atoms with E-state index in [1.165, 1.54) is 57.1 Å². The van der Waals surface area contributed by atoms with E-state index in [-0.39, 0.29) is 0 Å². The summed E-state index contributed by atoms with van der Waals surface area (Å²) in [6.45, 7) is 0. The lowest BCUT2D eigenvalue weighted by molar-refractivity contribution is 0.258. The third kappa shape index (κ3) is 2.61. The molecular weight excluding hydrogens is 222 g/mol. The van der Waals surface area contributed by atoms with E-state index in [0.29, 0.717) is 12.1 Å². The Morgan fingerprint density at radius 2 is 1.94 bits per heavy atom. The van der Waals surface area contributed by atoms with Crippen LogP contribution in [0.3, 0.4) is 0 Å². The Balaban J connectivity index is 1.58. The maximum absolute atomic E-state index is 6.25. The molecule has 100 valence electrons. The van der Waals surface area contributed by atoms with Crippen LogP contribution < -0.4 is 5.73 Å². The third-order valence-electron chi connectivity index (χ3n) is 4.81. The largest absolute Gasteiger partial charge is 0.327 e. The van der Waals surface area contributed by atoms with E-state index in [2.05, 4.69) is 16.9 Å². The van der Waals surface area contributed by atoms with Gasteiger partial charge in [0.25, 0.3) is 0 Å². The van der Waals surface area contributed by atoms with E-state index in [4.69, 9.17) is 10.8 Å². The van der Waals surface area contributed by atoms with Crippen molar-refractivity contribution in [2.75, 3.05) is 0 Å². The number of nitrogens with two attached hydrogens (primary N) is 1. The molecule has 0 aromatic carbocycles. The van der Waals surface area contributed by atoms with Gasteiger partial charge in [0, 0.05) is 18.7 Å². The SMILES string of the molecule is NC(Cc1ccn(C2CCCCC2)n1)C1CCC1. The molecule has 2 N–H and O–H groups in total. The molecule has 0 bridgehead atoms. The number of aromatic nitrogens is 2. The van der Waals surface area contributed by atoms with Gasteiger partial charge in [-0.3, -0.25) is 4.68 Å². The van der Waals surface area contributed by atoms with Crippen LogP contribution in [0.5, 0.6) is 0 Å². The van der Waals surface area contributed by atoms with Gasteiger partial charge in [0.2, 0.25) is 0 Å². The molecule has 3 nitrogen and oxygen atoms in total. The van der Waals surface area contributed by atoms with E-state index in [0.717, 1.165) is 12.3 Å². The predicted octanol–water partition coefficient (Wildman–Crippen LogP) is 3.06. The second-order valence-corrected chi connectivity index (χ2v) is 6.14. The molecule has 18 heavy (non-hydrogen) atoms. The van der Waals surface area contributed by atoms with Gasteiger partial charge in [-0.15, -0.1) is 0 Å². The molecule has 1 heterocycles. The van der Waals surface area contributed by atoms with Crippen molar-refractivity contribution in [1.29, 1.82) is 0 Å². The van der Waals surface area contributed by atoms with E-state index in [9.17, 15) is 0 Å². The fourth-order valence-electron chi connectivity index (χ4n) is 3.31. The molecule has 3 rings (SSSR count). The van der Waals surface area contributed by atoms with E-state index >= 15 is 0 Å². The van der Waals surface area contributed by atoms with Crippen LogP contribution in [-0.4, -0.2) is 15.8 Å². The molecule has 1 unspecified atom stereocenters. The first-order valence-corrected chi connectivity index (χ1v) is 7.62. The van der Waals surface area contributed by atoms with Crippen LogP contribution in [-0.2, 0) is 6.42 Å². The first-order chi connectivity index (χ1) is 8.83. The summed E-state index contributed by atoms with van der Waals surface area (Å²) >= 11 is 0. The Bertz CT molecular complexity index is 375. The molecule has 0 saturated heterocycles. The van der Waals surface area contributed by atoms with Crippen molar-refractivity contribution in [2.45, 2.75) is 69.9 Å². The topological polar surface area (TPSA) is 43.8 Å². The summed E-state index contributed by atoms with van der Waals surface area (Å²) in [5.41, 5.74) is 7.44. The molecule has 2 fully saturated rings. The van der Waals surface area contributed by atoms with Crippen LogP contribution in [0.1, 0.15) is 63.1 Å². The van der Waals surface area contributed by atoms with Gasteiger partial charge < -0.3 is 5.73 Å². The van der Waals surface area contributed by atoms with E-state index in [1.54, 1.807) is 0 Å². The van der Waals surface area contributed by atoms with Gasteiger partial charge in [-0.25, -0.2) is 0 Å². The van der Waals surface area contributed by atoms with Crippen molar-refractivity contribution in [3.05, 3.63) is 18.0 Å². The number of nitrogens with zero attached hydrogens (tertiary/aromatic N) is 2. The lowest BCUT2D eigenvalue weighted by Gasteiger charge is -2.30. The van der Waals surface area contributed by atoms with E-state index < -0.39 is 0 Å². The molecule has 3 heteroatoms. The summed E-state index contributed by atoms with van der Waals surface area (Å²) in [7, 11) is 0. The first-order valence-electron chi connectivity index (χ1n) is 7.62. The van der Waals surface area contributed by atoms with Crippen molar-refractivity contribution in [1.82, 2.24) is 9.78 Å². The molecule has 0 aliphatic heterocycles. The second kappa shape index (κ2) is 5.43. The van der Waals surface area contributed by atoms with Gasteiger partial charge in [0.1, 0.15) is 0 Å². The molecule has 1 atom stereocenters. The summed E-state index contributed by atoms with van der Waals surface area (Å²) in [6, 6.07) is 3.15. The van der Waals surface area contributed by atoms with Gasteiger partial charge in [-0.05, 0) is 37.7 Å². The van der Waals surface area contributed by atoms with Crippen molar-refractivity contribution in [3.8, 4) is 0 Å². The van der Waals surface area contributed by atoms with Crippen LogP contribution >= 0.6 is 0 Å². The Morgan fingerprint density at radius 3 is 2.61 bits per heavy atom. The molecule has 2 aliphatic carbocycles. The minimum atomic E-state index is 0.327. The Morgan fingerprint density at radius 1 is 1.17 bits per heavy atom.